The fraction of sp³-hybridized carbons (Fsp3) is 0.412. The Balaban J connectivity index is 1.43. The molecule has 134 valence electrons. The van der Waals surface area contributed by atoms with Crippen molar-refractivity contribution in [1.29, 1.82) is 0 Å². The first-order valence-corrected chi connectivity index (χ1v) is 8.66. The van der Waals surface area contributed by atoms with Crippen molar-refractivity contribution in [3.05, 3.63) is 29.3 Å². The zero-order chi connectivity index (χ0) is 18.0. The van der Waals surface area contributed by atoms with Crippen LogP contribution in [0, 0.1) is 0 Å². The van der Waals surface area contributed by atoms with Gasteiger partial charge in [-0.25, -0.2) is 9.80 Å². The first-order valence-electron chi connectivity index (χ1n) is 8.66. The van der Waals surface area contributed by atoms with E-state index in [1.165, 1.54) is 6.42 Å². The van der Waals surface area contributed by atoms with E-state index >= 15 is 0 Å². The monoisotopic (exact) mass is 355 g/mol. The Morgan fingerprint density at radius 1 is 0.962 bits per heavy atom. The minimum atomic E-state index is -0.752. The average molecular weight is 355 g/mol. The predicted molar refractivity (Wildman–Crippen MR) is 89.3 cm³/mol. The number of anilines is 1. The Bertz CT molecular complexity index is 853. The molecule has 0 aliphatic carbocycles. The molecule has 0 saturated carbocycles. The number of nitrogens with one attached hydrogen (secondary N) is 2. The highest BCUT2D eigenvalue weighted by molar-refractivity contribution is 6.22. The van der Waals surface area contributed by atoms with Crippen LogP contribution in [0.1, 0.15) is 33.6 Å². The maximum Gasteiger partial charge on any atom is 0.343 e. The number of piperidine rings is 1. The van der Waals surface area contributed by atoms with Crippen molar-refractivity contribution < 1.29 is 19.2 Å². The van der Waals surface area contributed by atoms with Gasteiger partial charge in [0.15, 0.2) is 0 Å². The molecule has 2 bridgehead atoms. The van der Waals surface area contributed by atoms with E-state index in [-0.39, 0.29) is 18.5 Å². The van der Waals surface area contributed by atoms with Crippen LogP contribution in [-0.2, 0) is 4.79 Å². The number of amides is 5. The van der Waals surface area contributed by atoms with Crippen molar-refractivity contribution in [1.82, 2.24) is 20.7 Å². The molecular formula is C17H17N5O4. The van der Waals surface area contributed by atoms with Gasteiger partial charge >= 0.3 is 6.03 Å². The number of carbonyl (C=O) groups excluding carboxylic acids is 4. The van der Waals surface area contributed by atoms with E-state index in [2.05, 4.69) is 15.5 Å². The van der Waals surface area contributed by atoms with Gasteiger partial charge < -0.3 is 10.2 Å². The van der Waals surface area contributed by atoms with Crippen LogP contribution in [0.3, 0.4) is 0 Å². The zero-order valence-electron chi connectivity index (χ0n) is 13.9. The summed E-state index contributed by atoms with van der Waals surface area (Å²) in [6.45, 7) is 1.75. The Kier molecular flexibility index (Phi) is 3.11. The summed E-state index contributed by atoms with van der Waals surface area (Å²) < 4.78 is 0. The van der Waals surface area contributed by atoms with Gasteiger partial charge in [0.1, 0.15) is 0 Å². The maximum absolute atomic E-state index is 12.8. The fourth-order valence-electron chi connectivity index (χ4n) is 4.10. The minimum absolute atomic E-state index is 0.00411. The predicted octanol–water partition coefficient (Wildman–Crippen LogP) is -0.310. The molecule has 1 aromatic rings. The van der Waals surface area contributed by atoms with Crippen LogP contribution in [0.15, 0.2) is 18.2 Å². The van der Waals surface area contributed by atoms with E-state index in [1.807, 2.05) is 6.07 Å². The maximum atomic E-state index is 12.8. The minimum Gasteiger partial charge on any atom is -0.368 e. The largest absolute Gasteiger partial charge is 0.368 e. The lowest BCUT2D eigenvalue weighted by Crippen LogP contribution is -2.67. The molecule has 0 spiro atoms. The third kappa shape index (κ3) is 2.13. The third-order valence-corrected chi connectivity index (χ3v) is 5.41. The van der Waals surface area contributed by atoms with Crippen LogP contribution in [-0.4, -0.2) is 65.5 Å². The fourth-order valence-corrected chi connectivity index (χ4v) is 4.10. The molecule has 2 N–H and O–H groups in total. The van der Waals surface area contributed by atoms with Gasteiger partial charge in [0.2, 0.25) is 5.91 Å². The number of benzene rings is 1. The molecule has 1 aromatic carbocycles. The first kappa shape index (κ1) is 15.3. The highest BCUT2D eigenvalue weighted by Gasteiger charge is 2.44. The standard InChI is InChI=1S/C17H17N5O4/c23-14-3-4-21(17(26)19-14)22-15(24)12-2-1-11(6-13(12)16(22)25)20-7-9-5-10(8-20)18-9/h1-2,6,9-10,18H,3-5,7-8H2,(H,19,23,26). The second kappa shape index (κ2) is 5.28. The molecule has 6 rings (SSSR count). The molecule has 2 unspecified atom stereocenters. The number of urea groups is 1. The summed E-state index contributed by atoms with van der Waals surface area (Å²) in [5.74, 6) is -1.48. The lowest BCUT2D eigenvalue weighted by Gasteiger charge is -2.49. The molecule has 5 aliphatic heterocycles. The molecule has 0 radical (unpaired) electrons. The SMILES string of the molecule is O=C1CCN(N2C(=O)c3ccc(N4CC5CC(C4)N5)cc3C2=O)C(=O)N1. The summed E-state index contributed by atoms with van der Waals surface area (Å²) in [6, 6.07) is 5.42. The third-order valence-electron chi connectivity index (χ3n) is 5.41. The molecule has 5 amide bonds. The van der Waals surface area contributed by atoms with E-state index in [1.54, 1.807) is 12.1 Å². The lowest BCUT2D eigenvalue weighted by atomic mass is 9.91. The van der Waals surface area contributed by atoms with E-state index in [9.17, 15) is 19.2 Å². The summed E-state index contributed by atoms with van der Waals surface area (Å²) in [7, 11) is 0. The number of fused-ring (bicyclic) bond motifs is 3. The average Bonchev–Trinajstić information content (AvgIpc) is 2.86. The number of piperazine rings is 1. The Hall–Kier alpha value is -2.94. The van der Waals surface area contributed by atoms with Crippen molar-refractivity contribution in [3.63, 3.8) is 0 Å². The van der Waals surface area contributed by atoms with Crippen LogP contribution >= 0.6 is 0 Å². The number of carbonyl (C=O) groups is 4. The number of rotatable bonds is 2. The van der Waals surface area contributed by atoms with Crippen molar-refractivity contribution in [2.75, 3.05) is 24.5 Å². The molecule has 4 saturated heterocycles. The summed E-state index contributed by atoms with van der Waals surface area (Å²) in [4.78, 5) is 51.0. The number of hydrogen-bond donors (Lipinski definition) is 2. The van der Waals surface area contributed by atoms with Crippen LogP contribution in [0.2, 0.25) is 0 Å². The van der Waals surface area contributed by atoms with E-state index in [0.717, 1.165) is 28.8 Å². The summed E-state index contributed by atoms with van der Waals surface area (Å²) in [6.07, 6.45) is 1.23. The van der Waals surface area contributed by atoms with Gasteiger partial charge in [-0.05, 0) is 24.6 Å². The highest BCUT2D eigenvalue weighted by Crippen LogP contribution is 2.32. The number of hydrazine groups is 1. The lowest BCUT2D eigenvalue weighted by molar-refractivity contribution is -0.122. The Morgan fingerprint density at radius 2 is 1.65 bits per heavy atom. The van der Waals surface area contributed by atoms with Gasteiger partial charge in [0, 0.05) is 37.3 Å². The molecular weight excluding hydrogens is 338 g/mol. The highest BCUT2D eigenvalue weighted by atomic mass is 16.2. The van der Waals surface area contributed by atoms with E-state index in [4.69, 9.17) is 0 Å². The van der Waals surface area contributed by atoms with Crippen LogP contribution < -0.4 is 15.5 Å². The summed E-state index contributed by atoms with van der Waals surface area (Å²) in [5, 5.41) is 7.43. The van der Waals surface area contributed by atoms with Crippen LogP contribution in [0.25, 0.3) is 0 Å². The van der Waals surface area contributed by atoms with Gasteiger partial charge in [0.05, 0.1) is 17.7 Å². The van der Waals surface area contributed by atoms with Crippen molar-refractivity contribution >= 4 is 29.4 Å². The van der Waals surface area contributed by atoms with Crippen molar-refractivity contribution in [2.45, 2.75) is 24.9 Å². The van der Waals surface area contributed by atoms with Crippen LogP contribution in [0.5, 0.6) is 0 Å². The molecule has 4 fully saturated rings. The molecule has 9 heteroatoms. The smallest absolute Gasteiger partial charge is 0.343 e. The topological polar surface area (TPSA) is 102 Å². The normalized spacial score (nSPS) is 27.5. The molecule has 0 aromatic heterocycles. The molecule has 9 nitrogen and oxygen atoms in total. The number of imide groups is 2. The van der Waals surface area contributed by atoms with E-state index < -0.39 is 23.8 Å². The van der Waals surface area contributed by atoms with Crippen molar-refractivity contribution in [2.24, 2.45) is 0 Å². The van der Waals surface area contributed by atoms with Gasteiger partial charge in [-0.2, -0.15) is 5.01 Å². The van der Waals surface area contributed by atoms with Gasteiger partial charge in [-0.3, -0.25) is 19.7 Å². The quantitative estimate of drug-likeness (QED) is 0.706. The Morgan fingerprint density at radius 3 is 2.35 bits per heavy atom. The molecule has 2 atom stereocenters. The first-order chi connectivity index (χ1) is 12.5. The van der Waals surface area contributed by atoms with E-state index in [0.29, 0.717) is 17.6 Å². The zero-order valence-corrected chi connectivity index (χ0v) is 13.9. The van der Waals surface area contributed by atoms with Gasteiger partial charge in [-0.15, -0.1) is 0 Å². The second-order valence-corrected chi connectivity index (χ2v) is 7.08. The molecule has 5 aliphatic rings. The molecule has 5 heterocycles. The number of hydrogen-bond acceptors (Lipinski definition) is 6. The van der Waals surface area contributed by atoms with Crippen molar-refractivity contribution in [3.8, 4) is 0 Å². The molecule has 26 heavy (non-hydrogen) atoms. The van der Waals surface area contributed by atoms with Crippen LogP contribution in [0.4, 0.5) is 10.5 Å². The van der Waals surface area contributed by atoms with Gasteiger partial charge in [0.25, 0.3) is 11.8 Å². The number of nitrogens with zero attached hydrogens (tertiary/aromatic N) is 3. The summed E-state index contributed by atoms with van der Waals surface area (Å²) >= 11 is 0. The summed E-state index contributed by atoms with van der Waals surface area (Å²) in [5.41, 5.74) is 1.48. The van der Waals surface area contributed by atoms with Gasteiger partial charge in [-0.1, -0.05) is 0 Å². The Labute approximate surface area is 148 Å². The second-order valence-electron chi connectivity index (χ2n) is 7.08.